The predicted molar refractivity (Wildman–Crippen MR) is 112 cm³/mol. The van der Waals surface area contributed by atoms with Crippen LogP contribution in [-0.4, -0.2) is 34.3 Å². The van der Waals surface area contributed by atoms with Crippen LogP contribution in [-0.2, 0) is 20.0 Å². The third-order valence-corrected chi connectivity index (χ3v) is 6.65. The maximum absolute atomic E-state index is 13.1. The van der Waals surface area contributed by atoms with Gasteiger partial charge in [-0.25, -0.2) is 17.8 Å². The highest BCUT2D eigenvalue weighted by atomic mass is 32.2. The van der Waals surface area contributed by atoms with E-state index in [1.165, 1.54) is 11.6 Å². The van der Waals surface area contributed by atoms with E-state index in [-0.39, 0.29) is 10.3 Å². The van der Waals surface area contributed by atoms with Crippen LogP contribution in [0.3, 0.4) is 0 Å². The SMILES string of the molecule is CC(C(=O)Nc1cc(C(C)(C)C)nn1-c1ccccn1)S(=O)(=O)c1ccc(F)cc1. The molecule has 1 N–H and O–H groups in total. The van der Waals surface area contributed by atoms with Crippen molar-refractivity contribution in [3.63, 3.8) is 0 Å². The molecular formula is C21H23FN4O3S. The molecular weight excluding hydrogens is 407 g/mol. The van der Waals surface area contributed by atoms with Gasteiger partial charge >= 0.3 is 0 Å². The fourth-order valence-electron chi connectivity index (χ4n) is 2.69. The van der Waals surface area contributed by atoms with Gasteiger partial charge in [-0.2, -0.15) is 9.78 Å². The number of aromatic nitrogens is 3. The molecule has 7 nitrogen and oxygen atoms in total. The highest BCUT2D eigenvalue weighted by molar-refractivity contribution is 7.92. The highest BCUT2D eigenvalue weighted by Crippen LogP contribution is 2.26. The van der Waals surface area contributed by atoms with Crippen molar-refractivity contribution in [1.82, 2.24) is 14.8 Å². The minimum absolute atomic E-state index is 0.125. The Morgan fingerprint density at radius 1 is 1.13 bits per heavy atom. The van der Waals surface area contributed by atoms with E-state index in [0.29, 0.717) is 17.3 Å². The summed E-state index contributed by atoms with van der Waals surface area (Å²) in [5.41, 5.74) is 0.406. The lowest BCUT2D eigenvalue weighted by atomic mass is 9.92. The number of carbonyl (C=O) groups excluding carboxylic acids is 1. The van der Waals surface area contributed by atoms with Crippen LogP contribution in [0, 0.1) is 5.82 Å². The van der Waals surface area contributed by atoms with E-state index in [1.54, 1.807) is 30.5 Å². The number of pyridine rings is 1. The van der Waals surface area contributed by atoms with Gasteiger partial charge in [-0.15, -0.1) is 0 Å². The fraction of sp³-hybridized carbons (Fsp3) is 0.286. The minimum Gasteiger partial charge on any atom is -0.309 e. The summed E-state index contributed by atoms with van der Waals surface area (Å²) in [4.78, 5) is 16.9. The van der Waals surface area contributed by atoms with Crippen LogP contribution in [0.4, 0.5) is 10.2 Å². The largest absolute Gasteiger partial charge is 0.309 e. The molecule has 2 heterocycles. The second-order valence-corrected chi connectivity index (χ2v) is 10.2. The number of halogens is 1. The van der Waals surface area contributed by atoms with Gasteiger partial charge in [0.15, 0.2) is 15.7 Å². The van der Waals surface area contributed by atoms with Crippen LogP contribution in [0.15, 0.2) is 59.6 Å². The van der Waals surface area contributed by atoms with E-state index in [4.69, 9.17) is 0 Å². The van der Waals surface area contributed by atoms with Crippen LogP contribution in [0.5, 0.6) is 0 Å². The Bertz CT molecular complexity index is 1150. The Morgan fingerprint density at radius 2 is 1.80 bits per heavy atom. The summed E-state index contributed by atoms with van der Waals surface area (Å²) in [5, 5.41) is 5.80. The summed E-state index contributed by atoms with van der Waals surface area (Å²) < 4.78 is 40.2. The van der Waals surface area contributed by atoms with Crippen molar-refractivity contribution in [2.24, 2.45) is 0 Å². The van der Waals surface area contributed by atoms with Crippen LogP contribution < -0.4 is 5.32 Å². The quantitative estimate of drug-likeness (QED) is 0.625. The Morgan fingerprint density at radius 3 is 2.37 bits per heavy atom. The summed E-state index contributed by atoms with van der Waals surface area (Å²) in [5.74, 6) is -0.487. The molecule has 3 aromatic rings. The zero-order valence-electron chi connectivity index (χ0n) is 17.1. The first-order valence-corrected chi connectivity index (χ1v) is 10.9. The highest BCUT2D eigenvalue weighted by Gasteiger charge is 2.31. The molecule has 0 aliphatic carbocycles. The van der Waals surface area contributed by atoms with Crippen molar-refractivity contribution in [2.75, 3.05) is 5.32 Å². The van der Waals surface area contributed by atoms with Crippen molar-refractivity contribution < 1.29 is 17.6 Å². The maximum Gasteiger partial charge on any atom is 0.243 e. The molecule has 1 atom stereocenters. The molecule has 1 unspecified atom stereocenters. The van der Waals surface area contributed by atoms with Crippen LogP contribution in [0.25, 0.3) is 5.82 Å². The monoisotopic (exact) mass is 430 g/mol. The van der Waals surface area contributed by atoms with Crippen molar-refractivity contribution in [1.29, 1.82) is 0 Å². The molecule has 2 aromatic heterocycles. The average Bonchev–Trinajstić information content (AvgIpc) is 3.12. The maximum atomic E-state index is 13.1. The van der Waals surface area contributed by atoms with Crippen LogP contribution >= 0.6 is 0 Å². The number of sulfone groups is 1. The van der Waals surface area contributed by atoms with E-state index in [0.717, 1.165) is 24.3 Å². The summed E-state index contributed by atoms with van der Waals surface area (Å²) in [6, 6.07) is 11.3. The third kappa shape index (κ3) is 4.40. The lowest BCUT2D eigenvalue weighted by Crippen LogP contribution is -2.33. The van der Waals surface area contributed by atoms with Crippen molar-refractivity contribution >= 4 is 21.6 Å². The first-order valence-electron chi connectivity index (χ1n) is 9.32. The number of amides is 1. The van der Waals surface area contributed by atoms with Crippen LogP contribution in [0.1, 0.15) is 33.4 Å². The first-order chi connectivity index (χ1) is 14.0. The smallest absolute Gasteiger partial charge is 0.243 e. The normalized spacial score (nSPS) is 13.1. The summed E-state index contributed by atoms with van der Waals surface area (Å²) >= 11 is 0. The van der Waals surface area contributed by atoms with Gasteiger partial charge in [0, 0.05) is 17.7 Å². The summed E-state index contributed by atoms with van der Waals surface area (Å²) in [6.07, 6.45) is 1.60. The zero-order chi connectivity index (χ0) is 22.1. The van der Waals surface area contributed by atoms with E-state index >= 15 is 0 Å². The molecule has 0 saturated heterocycles. The van der Waals surface area contributed by atoms with Crippen LogP contribution in [0.2, 0.25) is 0 Å². The Kier molecular flexibility index (Phi) is 5.76. The lowest BCUT2D eigenvalue weighted by Gasteiger charge is -2.14. The molecule has 0 aliphatic heterocycles. The van der Waals surface area contributed by atoms with Gasteiger partial charge in [-0.05, 0) is 43.3 Å². The van der Waals surface area contributed by atoms with Gasteiger partial charge in [0.2, 0.25) is 5.91 Å². The molecule has 0 saturated carbocycles. The first kappa shape index (κ1) is 21.6. The molecule has 30 heavy (non-hydrogen) atoms. The number of rotatable bonds is 5. The molecule has 0 spiro atoms. The topological polar surface area (TPSA) is 93.9 Å². The molecule has 9 heteroatoms. The number of anilines is 1. The summed E-state index contributed by atoms with van der Waals surface area (Å²) in [6.45, 7) is 7.22. The number of benzene rings is 1. The Hall–Kier alpha value is -3.07. The minimum atomic E-state index is -4.00. The predicted octanol–water partition coefficient (Wildman–Crippen LogP) is 3.50. The van der Waals surface area contributed by atoms with Crippen molar-refractivity contribution in [2.45, 2.75) is 43.3 Å². The number of nitrogens with one attached hydrogen (secondary N) is 1. The van der Waals surface area contributed by atoms with Gasteiger partial charge in [-0.3, -0.25) is 4.79 Å². The molecule has 1 aromatic carbocycles. The van der Waals surface area contributed by atoms with E-state index in [1.807, 2.05) is 20.8 Å². The number of nitrogens with zero attached hydrogens (tertiary/aromatic N) is 3. The second-order valence-electron chi connectivity index (χ2n) is 7.89. The van der Waals surface area contributed by atoms with Crippen molar-refractivity contribution in [3.8, 4) is 5.82 Å². The van der Waals surface area contributed by atoms with Gasteiger partial charge in [0.05, 0.1) is 10.6 Å². The lowest BCUT2D eigenvalue weighted by molar-refractivity contribution is -0.115. The number of carbonyl (C=O) groups is 1. The Labute approximate surface area is 174 Å². The van der Waals surface area contributed by atoms with Gasteiger partial charge < -0.3 is 5.32 Å². The number of hydrogen-bond acceptors (Lipinski definition) is 5. The number of hydrogen-bond donors (Lipinski definition) is 1. The van der Waals surface area contributed by atoms with E-state index in [2.05, 4.69) is 15.4 Å². The molecule has 0 bridgehead atoms. The standard InChI is InChI=1S/C21H23FN4O3S/c1-14(30(28,29)16-10-8-15(22)9-11-16)20(27)24-19-13-17(21(2,3)4)25-26(19)18-7-5-6-12-23-18/h5-14H,1-4H3,(H,24,27). The zero-order valence-corrected chi connectivity index (χ0v) is 17.9. The van der Waals surface area contributed by atoms with E-state index in [9.17, 15) is 17.6 Å². The summed E-state index contributed by atoms with van der Waals surface area (Å²) in [7, 11) is -4.00. The van der Waals surface area contributed by atoms with Gasteiger partial charge in [-0.1, -0.05) is 26.8 Å². The molecule has 0 fully saturated rings. The average molecular weight is 431 g/mol. The Balaban J connectivity index is 1.94. The van der Waals surface area contributed by atoms with Gasteiger partial charge in [0.1, 0.15) is 16.9 Å². The molecule has 0 radical (unpaired) electrons. The molecule has 1 amide bonds. The fourth-order valence-corrected chi connectivity index (χ4v) is 3.95. The second kappa shape index (κ2) is 7.98. The van der Waals surface area contributed by atoms with Gasteiger partial charge in [0.25, 0.3) is 0 Å². The molecule has 158 valence electrons. The molecule has 0 aliphatic rings. The molecule has 3 rings (SSSR count). The van der Waals surface area contributed by atoms with Crippen molar-refractivity contribution in [3.05, 3.63) is 66.2 Å². The van der Waals surface area contributed by atoms with E-state index < -0.39 is 26.8 Å². The third-order valence-electron chi connectivity index (χ3n) is 4.57.